The fraction of sp³-hybridized carbons (Fsp3) is 0.875. The third-order valence-corrected chi connectivity index (χ3v) is 2.37. The van der Waals surface area contributed by atoms with Crippen molar-refractivity contribution in [2.45, 2.75) is 32.7 Å². The molecule has 0 saturated carbocycles. The van der Waals surface area contributed by atoms with Crippen LogP contribution < -0.4 is 0 Å². The second-order valence-corrected chi connectivity index (χ2v) is 3.11. The van der Waals surface area contributed by atoms with Gasteiger partial charge in [-0.2, -0.15) is 5.26 Å². The molecule has 0 aromatic rings. The minimum atomic E-state index is 0.481. The van der Waals surface area contributed by atoms with Crippen molar-refractivity contribution in [3.05, 3.63) is 0 Å². The summed E-state index contributed by atoms with van der Waals surface area (Å²) in [5.74, 6) is 0.759. The van der Waals surface area contributed by atoms with Crippen molar-refractivity contribution >= 4 is 0 Å². The minimum absolute atomic E-state index is 0.481. The molecule has 1 saturated heterocycles. The second-order valence-electron chi connectivity index (χ2n) is 3.11. The van der Waals surface area contributed by atoms with Crippen molar-refractivity contribution in [2.75, 3.05) is 6.54 Å². The van der Waals surface area contributed by atoms with Gasteiger partial charge in [-0.1, -0.05) is 13.3 Å². The van der Waals surface area contributed by atoms with E-state index in [0.717, 1.165) is 12.5 Å². The molecule has 10 heavy (non-hydrogen) atoms. The van der Waals surface area contributed by atoms with E-state index in [9.17, 15) is 0 Å². The molecule has 1 fully saturated rings. The molecule has 0 aromatic heterocycles. The van der Waals surface area contributed by atoms with Gasteiger partial charge in [-0.25, -0.2) is 0 Å². The molecule has 0 radical (unpaired) electrons. The Morgan fingerprint density at radius 3 is 2.70 bits per heavy atom. The Balaban J connectivity index is 2.46. The van der Waals surface area contributed by atoms with E-state index in [1.807, 2.05) is 4.90 Å². The van der Waals surface area contributed by atoms with Crippen LogP contribution in [-0.4, -0.2) is 17.5 Å². The lowest BCUT2D eigenvalue weighted by atomic mass is 10.0. The van der Waals surface area contributed by atoms with Gasteiger partial charge < -0.3 is 4.90 Å². The average molecular weight is 138 g/mol. The van der Waals surface area contributed by atoms with E-state index in [4.69, 9.17) is 5.26 Å². The quantitative estimate of drug-likeness (QED) is 0.514. The molecule has 2 heteroatoms. The van der Waals surface area contributed by atoms with Crippen LogP contribution in [0.3, 0.4) is 0 Å². The summed E-state index contributed by atoms with van der Waals surface area (Å²) in [6, 6.07) is 0.481. The smallest absolute Gasteiger partial charge is 0.179 e. The van der Waals surface area contributed by atoms with Gasteiger partial charge in [0, 0.05) is 12.6 Å². The first-order valence-corrected chi connectivity index (χ1v) is 3.94. The highest BCUT2D eigenvalue weighted by Crippen LogP contribution is 2.23. The summed E-state index contributed by atoms with van der Waals surface area (Å²) in [4.78, 5) is 1.88. The van der Waals surface area contributed by atoms with Crippen LogP contribution in [-0.2, 0) is 0 Å². The fourth-order valence-corrected chi connectivity index (χ4v) is 1.58. The molecule has 0 N–H and O–H groups in total. The number of rotatable bonds is 1. The number of nitriles is 1. The van der Waals surface area contributed by atoms with Crippen LogP contribution >= 0.6 is 0 Å². The largest absolute Gasteiger partial charge is 0.308 e. The van der Waals surface area contributed by atoms with E-state index in [-0.39, 0.29) is 0 Å². The number of nitrogens with zero attached hydrogens (tertiary/aromatic N) is 2. The summed E-state index contributed by atoms with van der Waals surface area (Å²) >= 11 is 0. The van der Waals surface area contributed by atoms with Gasteiger partial charge in [0.15, 0.2) is 6.19 Å². The van der Waals surface area contributed by atoms with Crippen LogP contribution in [0, 0.1) is 17.4 Å². The topological polar surface area (TPSA) is 27.0 Å². The molecular formula is C8H14N2. The molecule has 1 aliphatic rings. The van der Waals surface area contributed by atoms with Crippen LogP contribution in [0.5, 0.6) is 0 Å². The molecule has 0 bridgehead atoms. The molecule has 1 unspecified atom stereocenters. The summed E-state index contributed by atoms with van der Waals surface area (Å²) < 4.78 is 0. The van der Waals surface area contributed by atoms with Crippen molar-refractivity contribution in [1.29, 1.82) is 5.26 Å². The van der Waals surface area contributed by atoms with Crippen LogP contribution in [0.4, 0.5) is 0 Å². The number of likely N-dealkylation sites (tertiary alicyclic amines) is 1. The van der Waals surface area contributed by atoms with E-state index >= 15 is 0 Å². The first kappa shape index (κ1) is 7.40. The highest BCUT2D eigenvalue weighted by Gasteiger charge is 2.26. The monoisotopic (exact) mass is 138 g/mol. The van der Waals surface area contributed by atoms with Crippen LogP contribution in [0.15, 0.2) is 0 Å². The Morgan fingerprint density at radius 1 is 1.70 bits per heavy atom. The molecule has 1 heterocycles. The van der Waals surface area contributed by atoms with Crippen LogP contribution in [0.1, 0.15) is 26.7 Å². The Hall–Kier alpha value is -0.710. The van der Waals surface area contributed by atoms with Crippen molar-refractivity contribution in [3.8, 4) is 6.19 Å². The Bertz CT molecular complexity index is 148. The summed E-state index contributed by atoms with van der Waals surface area (Å²) in [6.45, 7) is 5.30. The SMILES string of the molecule is CCC1C[C@H](C)N(C#N)C1. The Morgan fingerprint density at radius 2 is 2.40 bits per heavy atom. The third-order valence-electron chi connectivity index (χ3n) is 2.37. The lowest BCUT2D eigenvalue weighted by molar-refractivity contribution is 0.382. The zero-order chi connectivity index (χ0) is 7.56. The van der Waals surface area contributed by atoms with Gasteiger partial charge in [0.05, 0.1) is 0 Å². The maximum Gasteiger partial charge on any atom is 0.179 e. The predicted octanol–water partition coefficient (Wildman–Crippen LogP) is 1.59. The van der Waals surface area contributed by atoms with Gasteiger partial charge in [-0.05, 0) is 19.3 Å². The van der Waals surface area contributed by atoms with Gasteiger partial charge in [-0.3, -0.25) is 0 Å². The maximum absolute atomic E-state index is 8.63. The zero-order valence-corrected chi connectivity index (χ0v) is 6.67. The number of hydrogen-bond donors (Lipinski definition) is 0. The van der Waals surface area contributed by atoms with E-state index in [1.54, 1.807) is 0 Å². The highest BCUT2D eigenvalue weighted by atomic mass is 15.2. The first-order valence-electron chi connectivity index (χ1n) is 3.94. The van der Waals surface area contributed by atoms with Crippen molar-refractivity contribution in [1.82, 2.24) is 4.90 Å². The van der Waals surface area contributed by atoms with Gasteiger partial charge >= 0.3 is 0 Å². The summed E-state index contributed by atoms with van der Waals surface area (Å²) in [7, 11) is 0. The molecule has 0 aromatic carbocycles. The van der Waals surface area contributed by atoms with Crippen molar-refractivity contribution < 1.29 is 0 Å². The molecule has 2 atom stereocenters. The molecule has 2 nitrogen and oxygen atoms in total. The van der Waals surface area contributed by atoms with E-state index in [0.29, 0.717) is 6.04 Å². The Labute approximate surface area is 62.4 Å². The first-order chi connectivity index (χ1) is 4.77. The fourth-order valence-electron chi connectivity index (χ4n) is 1.58. The van der Waals surface area contributed by atoms with Crippen LogP contribution in [0.25, 0.3) is 0 Å². The van der Waals surface area contributed by atoms with Crippen molar-refractivity contribution in [2.24, 2.45) is 5.92 Å². The average Bonchev–Trinajstić information content (AvgIpc) is 2.30. The molecule has 1 rings (SSSR count). The van der Waals surface area contributed by atoms with E-state index in [2.05, 4.69) is 20.0 Å². The molecule has 1 aliphatic heterocycles. The van der Waals surface area contributed by atoms with Gasteiger partial charge in [-0.15, -0.1) is 0 Å². The lowest BCUT2D eigenvalue weighted by Gasteiger charge is -2.11. The second kappa shape index (κ2) is 2.92. The Kier molecular flexibility index (Phi) is 2.16. The maximum atomic E-state index is 8.63. The molecule has 0 spiro atoms. The molecular weight excluding hydrogens is 124 g/mol. The lowest BCUT2D eigenvalue weighted by Crippen LogP contribution is -2.20. The summed E-state index contributed by atoms with van der Waals surface area (Å²) in [5, 5.41) is 8.63. The molecule has 56 valence electrons. The van der Waals surface area contributed by atoms with Crippen molar-refractivity contribution in [3.63, 3.8) is 0 Å². The number of hydrogen-bond acceptors (Lipinski definition) is 2. The normalized spacial score (nSPS) is 32.3. The zero-order valence-electron chi connectivity index (χ0n) is 6.67. The predicted molar refractivity (Wildman–Crippen MR) is 40.2 cm³/mol. The highest BCUT2D eigenvalue weighted by molar-refractivity contribution is 4.89. The molecule has 0 aliphatic carbocycles. The molecule has 0 amide bonds. The van der Waals surface area contributed by atoms with Gasteiger partial charge in [0.25, 0.3) is 0 Å². The standard InChI is InChI=1S/C8H14N2/c1-3-8-4-7(2)10(5-8)6-9/h7-8H,3-5H2,1-2H3/t7-,8?/m0/s1. The van der Waals surface area contributed by atoms with Gasteiger partial charge in [0.2, 0.25) is 0 Å². The summed E-state index contributed by atoms with van der Waals surface area (Å²) in [5.41, 5.74) is 0. The van der Waals surface area contributed by atoms with E-state index in [1.165, 1.54) is 12.8 Å². The summed E-state index contributed by atoms with van der Waals surface area (Å²) in [6.07, 6.45) is 4.62. The third kappa shape index (κ3) is 1.23. The minimum Gasteiger partial charge on any atom is -0.308 e. The van der Waals surface area contributed by atoms with Gasteiger partial charge in [0.1, 0.15) is 0 Å². The van der Waals surface area contributed by atoms with E-state index < -0.39 is 0 Å². The van der Waals surface area contributed by atoms with Crippen LogP contribution in [0.2, 0.25) is 0 Å².